The van der Waals surface area contributed by atoms with E-state index in [1.54, 1.807) is 12.3 Å². The first kappa shape index (κ1) is 22.3. The molecule has 164 valence electrons. The summed E-state index contributed by atoms with van der Waals surface area (Å²) in [6.45, 7) is 5.15. The lowest BCUT2D eigenvalue weighted by Gasteiger charge is -2.31. The Hall–Kier alpha value is -2.91. The molecule has 0 N–H and O–H groups in total. The van der Waals surface area contributed by atoms with Crippen LogP contribution in [0.3, 0.4) is 0 Å². The minimum Gasteiger partial charge on any atom is -0.339 e. The van der Waals surface area contributed by atoms with Gasteiger partial charge in [-0.05, 0) is 62.3 Å². The standard InChI is InChI=1S/C26H26FN3OS/c1-26(2,16-28)18-6-4-17(5-7-18)24-21-14-19(27)8-9-23(21)29-15-22(24)25(31)30-12-10-20(32-3)11-13-30/h4-9,14-15,20H,10-13H2,1-3H3. The first-order valence-corrected chi connectivity index (χ1v) is 12.1. The number of amides is 1. The Balaban J connectivity index is 1.82. The Morgan fingerprint density at radius 3 is 2.50 bits per heavy atom. The lowest BCUT2D eigenvalue weighted by atomic mass is 9.85. The molecular weight excluding hydrogens is 421 g/mol. The largest absolute Gasteiger partial charge is 0.339 e. The van der Waals surface area contributed by atoms with Crippen LogP contribution in [0, 0.1) is 17.1 Å². The number of benzene rings is 2. The van der Waals surface area contributed by atoms with Gasteiger partial charge in [-0.3, -0.25) is 9.78 Å². The van der Waals surface area contributed by atoms with Crippen LogP contribution in [0.5, 0.6) is 0 Å². The Morgan fingerprint density at radius 1 is 1.19 bits per heavy atom. The first-order valence-electron chi connectivity index (χ1n) is 10.8. The molecule has 2 heterocycles. The van der Waals surface area contributed by atoms with Crippen LogP contribution in [-0.4, -0.2) is 40.4 Å². The second-order valence-electron chi connectivity index (χ2n) is 8.75. The van der Waals surface area contributed by atoms with Crippen molar-refractivity contribution < 1.29 is 9.18 Å². The van der Waals surface area contributed by atoms with Gasteiger partial charge in [0.25, 0.3) is 5.91 Å². The minimum atomic E-state index is -0.620. The molecule has 1 fully saturated rings. The van der Waals surface area contributed by atoms with Gasteiger partial charge in [0.05, 0.1) is 22.6 Å². The van der Waals surface area contributed by atoms with Crippen molar-refractivity contribution >= 4 is 28.6 Å². The highest BCUT2D eigenvalue weighted by Crippen LogP contribution is 2.34. The van der Waals surface area contributed by atoms with Crippen molar-refractivity contribution in [2.75, 3.05) is 19.3 Å². The zero-order chi connectivity index (χ0) is 22.9. The highest BCUT2D eigenvalue weighted by Gasteiger charge is 2.27. The fourth-order valence-electron chi connectivity index (χ4n) is 4.22. The van der Waals surface area contributed by atoms with Crippen molar-refractivity contribution in [3.8, 4) is 17.2 Å². The van der Waals surface area contributed by atoms with Crippen LogP contribution in [0.2, 0.25) is 0 Å². The van der Waals surface area contributed by atoms with Crippen LogP contribution in [-0.2, 0) is 5.41 Å². The molecule has 0 saturated carbocycles. The van der Waals surface area contributed by atoms with E-state index in [1.807, 2.05) is 54.8 Å². The zero-order valence-electron chi connectivity index (χ0n) is 18.6. The summed E-state index contributed by atoms with van der Waals surface area (Å²) in [4.78, 5) is 19.9. The summed E-state index contributed by atoms with van der Waals surface area (Å²) in [5.41, 5.74) is 2.89. The van der Waals surface area contributed by atoms with E-state index < -0.39 is 5.41 Å². The summed E-state index contributed by atoms with van der Waals surface area (Å²) in [6, 6.07) is 14.4. The quantitative estimate of drug-likeness (QED) is 0.506. The van der Waals surface area contributed by atoms with Crippen LogP contribution in [0.15, 0.2) is 48.7 Å². The highest BCUT2D eigenvalue weighted by atomic mass is 32.2. The number of nitriles is 1. The van der Waals surface area contributed by atoms with Crippen LogP contribution in [0.25, 0.3) is 22.0 Å². The van der Waals surface area contributed by atoms with Crippen molar-refractivity contribution in [2.45, 2.75) is 37.4 Å². The van der Waals surface area contributed by atoms with E-state index in [4.69, 9.17) is 0 Å². The van der Waals surface area contributed by atoms with Crippen LogP contribution in [0.4, 0.5) is 4.39 Å². The molecule has 32 heavy (non-hydrogen) atoms. The Morgan fingerprint density at radius 2 is 1.88 bits per heavy atom. The molecule has 4 nitrogen and oxygen atoms in total. The van der Waals surface area contributed by atoms with Crippen molar-refractivity contribution in [3.05, 3.63) is 65.6 Å². The van der Waals surface area contributed by atoms with E-state index in [0.717, 1.165) is 24.0 Å². The molecule has 1 amide bonds. The third-order valence-electron chi connectivity index (χ3n) is 6.30. The molecule has 1 saturated heterocycles. The van der Waals surface area contributed by atoms with Crippen molar-refractivity contribution in [2.24, 2.45) is 0 Å². The van der Waals surface area contributed by atoms with E-state index in [1.165, 1.54) is 12.1 Å². The molecule has 0 unspecified atom stereocenters. The number of aromatic nitrogens is 1. The van der Waals surface area contributed by atoms with Gasteiger partial charge in [0.2, 0.25) is 0 Å². The normalized spacial score (nSPS) is 15.0. The topological polar surface area (TPSA) is 57.0 Å². The third-order valence-corrected chi connectivity index (χ3v) is 7.44. The number of pyridine rings is 1. The molecule has 4 rings (SSSR count). The van der Waals surface area contributed by atoms with Crippen LogP contribution >= 0.6 is 11.8 Å². The number of rotatable bonds is 4. The summed E-state index contributed by atoms with van der Waals surface area (Å²) in [7, 11) is 0. The van der Waals surface area contributed by atoms with Gasteiger partial charge < -0.3 is 4.90 Å². The number of piperidine rings is 1. The summed E-state index contributed by atoms with van der Waals surface area (Å²) < 4.78 is 14.2. The summed E-state index contributed by atoms with van der Waals surface area (Å²) in [6.07, 6.45) is 5.66. The SMILES string of the molecule is CSC1CCN(C(=O)c2cnc3ccc(F)cc3c2-c2ccc(C(C)(C)C#N)cc2)CC1. The second-order valence-corrected chi connectivity index (χ2v) is 9.89. The first-order chi connectivity index (χ1) is 15.3. The minimum absolute atomic E-state index is 0.0698. The molecule has 0 spiro atoms. The van der Waals surface area contributed by atoms with E-state index in [2.05, 4.69) is 17.3 Å². The van der Waals surface area contributed by atoms with Gasteiger partial charge >= 0.3 is 0 Å². The molecular formula is C26H26FN3OS. The Bertz CT molecular complexity index is 1190. The van der Waals surface area contributed by atoms with E-state index in [-0.39, 0.29) is 11.7 Å². The average Bonchev–Trinajstić information content (AvgIpc) is 2.83. The predicted molar refractivity (Wildman–Crippen MR) is 128 cm³/mol. The number of fused-ring (bicyclic) bond motifs is 1. The van der Waals surface area contributed by atoms with Gasteiger partial charge in [-0.15, -0.1) is 0 Å². The Labute approximate surface area is 192 Å². The smallest absolute Gasteiger partial charge is 0.256 e. The molecule has 3 aromatic rings. The molecule has 0 bridgehead atoms. The fourth-order valence-corrected chi connectivity index (χ4v) is 4.90. The lowest BCUT2D eigenvalue weighted by Crippen LogP contribution is -2.39. The zero-order valence-corrected chi connectivity index (χ0v) is 19.4. The highest BCUT2D eigenvalue weighted by molar-refractivity contribution is 7.99. The predicted octanol–water partition coefficient (Wildman–Crippen LogP) is 5.81. The molecule has 6 heteroatoms. The molecule has 1 aromatic heterocycles. The van der Waals surface area contributed by atoms with Gasteiger partial charge in [0.15, 0.2) is 0 Å². The summed E-state index contributed by atoms with van der Waals surface area (Å²) in [5.74, 6) is -0.437. The molecule has 1 aliphatic heterocycles. The Kier molecular flexibility index (Phi) is 6.21. The van der Waals surface area contributed by atoms with E-state index >= 15 is 0 Å². The molecule has 1 aliphatic rings. The van der Waals surface area contributed by atoms with Gasteiger partial charge in [-0.25, -0.2) is 4.39 Å². The fraction of sp³-hybridized carbons (Fsp3) is 0.346. The lowest BCUT2D eigenvalue weighted by molar-refractivity contribution is 0.0728. The number of likely N-dealkylation sites (tertiary alicyclic amines) is 1. The second kappa shape index (κ2) is 8.91. The van der Waals surface area contributed by atoms with Gasteiger partial charge in [0.1, 0.15) is 5.82 Å². The number of hydrogen-bond donors (Lipinski definition) is 0. The maximum atomic E-state index is 14.2. The molecule has 0 radical (unpaired) electrons. The third kappa shape index (κ3) is 4.22. The van der Waals surface area contributed by atoms with Crippen molar-refractivity contribution in [1.82, 2.24) is 9.88 Å². The average molecular weight is 448 g/mol. The van der Waals surface area contributed by atoms with Crippen molar-refractivity contribution in [3.63, 3.8) is 0 Å². The monoisotopic (exact) mass is 447 g/mol. The maximum Gasteiger partial charge on any atom is 0.256 e. The van der Waals surface area contributed by atoms with Gasteiger partial charge in [-0.1, -0.05) is 24.3 Å². The molecule has 0 aliphatic carbocycles. The number of halogens is 1. The number of nitrogens with zero attached hydrogens (tertiary/aromatic N) is 3. The van der Waals surface area contributed by atoms with Crippen LogP contribution in [0.1, 0.15) is 42.6 Å². The molecule has 0 atom stereocenters. The number of carbonyl (C=O) groups is 1. The van der Waals surface area contributed by atoms with Gasteiger partial charge in [0, 0.05) is 35.5 Å². The van der Waals surface area contributed by atoms with Crippen LogP contribution < -0.4 is 0 Å². The van der Waals surface area contributed by atoms with Crippen molar-refractivity contribution in [1.29, 1.82) is 5.26 Å². The number of thioether (sulfide) groups is 1. The summed E-state index contributed by atoms with van der Waals surface area (Å²) >= 11 is 1.85. The van der Waals surface area contributed by atoms with Gasteiger partial charge in [-0.2, -0.15) is 17.0 Å². The number of hydrogen-bond acceptors (Lipinski definition) is 4. The molecule has 2 aromatic carbocycles. The maximum absolute atomic E-state index is 14.2. The van der Waals surface area contributed by atoms with E-state index in [0.29, 0.717) is 40.4 Å². The van der Waals surface area contributed by atoms with E-state index in [9.17, 15) is 14.4 Å². The summed E-state index contributed by atoms with van der Waals surface area (Å²) in [5, 5.41) is 10.6. The number of carbonyl (C=O) groups excluding carboxylic acids is 1.